The molecule has 1 amide bonds. The predicted molar refractivity (Wildman–Crippen MR) is 115 cm³/mol. The third kappa shape index (κ3) is 4.63. The number of aromatic hydroxyl groups is 1. The van der Waals surface area contributed by atoms with E-state index >= 15 is 0 Å². The van der Waals surface area contributed by atoms with Gasteiger partial charge in [0.2, 0.25) is 0 Å². The molecule has 0 unspecified atom stereocenters. The van der Waals surface area contributed by atoms with Crippen LogP contribution in [-0.2, 0) is 4.79 Å². The quantitative estimate of drug-likeness (QED) is 0.377. The first-order valence-electron chi connectivity index (χ1n) is 8.18. The average Bonchev–Trinajstić information content (AvgIpc) is 2.70. The van der Waals surface area contributed by atoms with Crippen molar-refractivity contribution in [2.75, 3.05) is 13.7 Å². The number of rotatable bonds is 6. The maximum atomic E-state index is 12.0. The summed E-state index contributed by atoms with van der Waals surface area (Å²) in [6.07, 6.45) is 1.44. The fraction of sp³-hybridized carbons (Fsp3) is 0.100. The van der Waals surface area contributed by atoms with E-state index in [1.54, 1.807) is 12.1 Å². The van der Waals surface area contributed by atoms with Gasteiger partial charge < -0.3 is 14.6 Å². The zero-order valence-corrected chi connectivity index (χ0v) is 18.0. The van der Waals surface area contributed by atoms with Gasteiger partial charge in [0.25, 0.3) is 5.91 Å². The van der Waals surface area contributed by atoms with E-state index in [4.69, 9.17) is 9.47 Å². The maximum Gasteiger partial charge on any atom is 0.277 e. The lowest BCUT2D eigenvalue weighted by atomic mass is 10.1. The number of nitrogens with one attached hydrogen (secondary N) is 1. The first-order chi connectivity index (χ1) is 13.5. The molecule has 28 heavy (non-hydrogen) atoms. The van der Waals surface area contributed by atoms with Gasteiger partial charge in [0, 0.05) is 9.86 Å². The minimum absolute atomic E-state index is 0.00110. The summed E-state index contributed by atoms with van der Waals surface area (Å²) in [5.74, 6) is 0.518. The molecule has 0 spiro atoms. The van der Waals surface area contributed by atoms with E-state index in [9.17, 15) is 9.90 Å². The number of amides is 1. The number of benzene rings is 3. The van der Waals surface area contributed by atoms with Gasteiger partial charge in [0.1, 0.15) is 5.75 Å². The van der Waals surface area contributed by atoms with Crippen molar-refractivity contribution in [3.63, 3.8) is 0 Å². The number of methoxy groups -OCH3 is 1. The summed E-state index contributed by atoms with van der Waals surface area (Å²) >= 11 is 6.74. The molecule has 0 saturated heterocycles. The number of fused-ring (bicyclic) bond motifs is 1. The van der Waals surface area contributed by atoms with Crippen molar-refractivity contribution < 1.29 is 19.4 Å². The standard InChI is InChI=1S/C20H16Br2N2O4/c1-27-18-9-12(8-16(22)20(18)26)10-23-24-19(25)11-28-17-7-6-15(21)13-4-2-3-5-14(13)17/h2-10,26H,11H2,1H3,(H,24,25). The smallest absolute Gasteiger partial charge is 0.277 e. The van der Waals surface area contributed by atoms with Gasteiger partial charge in [-0.25, -0.2) is 5.43 Å². The summed E-state index contributed by atoms with van der Waals surface area (Å²) in [6, 6.07) is 14.7. The Labute approximate surface area is 178 Å². The Morgan fingerprint density at radius 2 is 1.86 bits per heavy atom. The van der Waals surface area contributed by atoms with E-state index in [-0.39, 0.29) is 12.4 Å². The van der Waals surface area contributed by atoms with E-state index in [2.05, 4.69) is 42.4 Å². The highest BCUT2D eigenvalue weighted by Gasteiger charge is 2.09. The third-order valence-electron chi connectivity index (χ3n) is 3.86. The molecule has 0 radical (unpaired) electrons. The van der Waals surface area contributed by atoms with E-state index in [0.717, 1.165) is 15.2 Å². The Morgan fingerprint density at radius 1 is 1.11 bits per heavy atom. The SMILES string of the molecule is COc1cc(C=NNC(=O)COc2ccc(Br)c3ccccc23)cc(Br)c1O. The molecule has 8 heteroatoms. The normalized spacial score (nSPS) is 11.0. The summed E-state index contributed by atoms with van der Waals surface area (Å²) < 4.78 is 12.1. The zero-order valence-electron chi connectivity index (χ0n) is 14.8. The lowest BCUT2D eigenvalue weighted by molar-refractivity contribution is -0.123. The Kier molecular flexibility index (Phi) is 6.53. The molecule has 0 saturated carbocycles. The average molecular weight is 508 g/mol. The van der Waals surface area contributed by atoms with E-state index in [1.165, 1.54) is 13.3 Å². The van der Waals surface area contributed by atoms with Crippen LogP contribution in [0.5, 0.6) is 17.2 Å². The van der Waals surface area contributed by atoms with Gasteiger partial charge in [-0.3, -0.25) is 4.79 Å². The van der Waals surface area contributed by atoms with E-state index in [1.807, 2.05) is 36.4 Å². The van der Waals surface area contributed by atoms with Crippen LogP contribution in [-0.4, -0.2) is 30.9 Å². The van der Waals surface area contributed by atoms with Crippen molar-refractivity contribution in [1.29, 1.82) is 0 Å². The number of carbonyl (C=O) groups is 1. The van der Waals surface area contributed by atoms with Crippen molar-refractivity contribution >= 4 is 54.8 Å². The molecule has 144 valence electrons. The molecule has 0 aliphatic rings. The Morgan fingerprint density at radius 3 is 2.61 bits per heavy atom. The number of phenolic OH excluding ortho intramolecular Hbond substituents is 1. The Hall–Kier alpha value is -2.58. The molecule has 0 heterocycles. The van der Waals surface area contributed by atoms with Gasteiger partial charge in [-0.05, 0) is 51.1 Å². The first kappa shape index (κ1) is 20.2. The summed E-state index contributed by atoms with van der Waals surface area (Å²) in [4.78, 5) is 12.0. The van der Waals surface area contributed by atoms with Crippen LogP contribution in [0.2, 0.25) is 0 Å². The molecule has 6 nitrogen and oxygen atoms in total. The molecule has 0 bridgehead atoms. The van der Waals surface area contributed by atoms with Crippen LogP contribution < -0.4 is 14.9 Å². The van der Waals surface area contributed by atoms with Crippen LogP contribution in [0, 0.1) is 0 Å². The number of hydrogen-bond acceptors (Lipinski definition) is 5. The molecular weight excluding hydrogens is 492 g/mol. The molecule has 0 aliphatic heterocycles. The number of hydrazone groups is 1. The van der Waals surface area contributed by atoms with Crippen molar-refractivity contribution in [3.05, 3.63) is 63.0 Å². The van der Waals surface area contributed by atoms with Gasteiger partial charge >= 0.3 is 0 Å². The first-order valence-corrected chi connectivity index (χ1v) is 9.76. The van der Waals surface area contributed by atoms with Crippen LogP contribution in [0.25, 0.3) is 10.8 Å². The number of nitrogens with zero attached hydrogens (tertiary/aromatic N) is 1. The van der Waals surface area contributed by atoms with Crippen molar-refractivity contribution in [2.45, 2.75) is 0 Å². The van der Waals surface area contributed by atoms with Gasteiger partial charge in [0.05, 0.1) is 17.8 Å². The topological polar surface area (TPSA) is 80.2 Å². The zero-order chi connectivity index (χ0) is 20.1. The van der Waals surface area contributed by atoms with Crippen molar-refractivity contribution in [2.24, 2.45) is 5.10 Å². The van der Waals surface area contributed by atoms with Crippen LogP contribution in [0.3, 0.4) is 0 Å². The molecule has 2 N–H and O–H groups in total. The van der Waals surface area contributed by atoms with Gasteiger partial charge in [0.15, 0.2) is 18.1 Å². The highest BCUT2D eigenvalue weighted by Crippen LogP contribution is 2.34. The fourth-order valence-corrected chi connectivity index (χ4v) is 3.48. The van der Waals surface area contributed by atoms with Crippen LogP contribution in [0.4, 0.5) is 0 Å². The summed E-state index contributed by atoms with van der Waals surface area (Å²) in [5, 5.41) is 15.6. The van der Waals surface area contributed by atoms with Crippen molar-refractivity contribution in [1.82, 2.24) is 5.43 Å². The molecule has 0 fully saturated rings. The lowest BCUT2D eigenvalue weighted by Gasteiger charge is -2.09. The highest BCUT2D eigenvalue weighted by molar-refractivity contribution is 9.11. The molecule has 0 aliphatic carbocycles. The second kappa shape index (κ2) is 9.07. The fourth-order valence-electron chi connectivity index (χ4n) is 2.54. The highest BCUT2D eigenvalue weighted by atomic mass is 79.9. The van der Waals surface area contributed by atoms with Gasteiger partial charge in [-0.15, -0.1) is 0 Å². The second-order valence-electron chi connectivity index (χ2n) is 5.73. The second-order valence-corrected chi connectivity index (χ2v) is 7.44. The molecular formula is C20H16Br2N2O4. The number of ether oxygens (including phenoxy) is 2. The summed E-state index contributed by atoms with van der Waals surface area (Å²) in [7, 11) is 1.45. The molecule has 3 aromatic carbocycles. The minimum Gasteiger partial charge on any atom is -0.503 e. The molecule has 3 rings (SSSR count). The predicted octanol–water partition coefficient (Wildman–Crippen LogP) is 4.61. The molecule has 0 atom stereocenters. The maximum absolute atomic E-state index is 12.0. The lowest BCUT2D eigenvalue weighted by Crippen LogP contribution is -2.24. The Bertz CT molecular complexity index is 1050. The summed E-state index contributed by atoms with van der Waals surface area (Å²) in [6.45, 7) is -0.175. The summed E-state index contributed by atoms with van der Waals surface area (Å²) in [5.41, 5.74) is 3.05. The van der Waals surface area contributed by atoms with Crippen LogP contribution >= 0.6 is 31.9 Å². The minimum atomic E-state index is -0.395. The van der Waals surface area contributed by atoms with Crippen LogP contribution in [0.15, 0.2) is 62.6 Å². The monoisotopic (exact) mass is 506 g/mol. The van der Waals surface area contributed by atoms with Gasteiger partial charge in [-0.1, -0.05) is 40.2 Å². The third-order valence-corrected chi connectivity index (χ3v) is 5.16. The Balaban J connectivity index is 1.62. The largest absolute Gasteiger partial charge is 0.503 e. The number of halogens is 2. The number of phenols is 1. The molecule has 0 aromatic heterocycles. The van der Waals surface area contributed by atoms with E-state index in [0.29, 0.717) is 21.5 Å². The van der Waals surface area contributed by atoms with Crippen LogP contribution in [0.1, 0.15) is 5.56 Å². The number of hydrogen-bond donors (Lipinski definition) is 2. The van der Waals surface area contributed by atoms with Gasteiger partial charge in [-0.2, -0.15) is 5.10 Å². The van der Waals surface area contributed by atoms with E-state index < -0.39 is 5.91 Å². The molecule has 3 aromatic rings. The van der Waals surface area contributed by atoms with Crippen molar-refractivity contribution in [3.8, 4) is 17.2 Å². The number of carbonyl (C=O) groups excluding carboxylic acids is 1.